The predicted octanol–water partition coefficient (Wildman–Crippen LogP) is 2.47. The zero-order valence-corrected chi connectivity index (χ0v) is 11.4. The first kappa shape index (κ1) is 15.2. The third-order valence-electron chi connectivity index (χ3n) is 2.54. The van der Waals surface area contributed by atoms with Crippen molar-refractivity contribution in [3.63, 3.8) is 0 Å². The number of unbranched alkanes of at least 4 members (excludes halogenated alkanes) is 3. The fourth-order valence-corrected chi connectivity index (χ4v) is 1.49. The van der Waals surface area contributed by atoms with Gasteiger partial charge in [0.25, 0.3) is 0 Å². The normalized spacial score (nSPS) is 17.3. The lowest BCUT2D eigenvalue weighted by atomic mass is 10.2. The molecule has 0 bridgehead atoms. The second kappa shape index (κ2) is 9.11. The van der Waals surface area contributed by atoms with Crippen LogP contribution < -0.4 is 0 Å². The zero-order valence-electron chi connectivity index (χ0n) is 11.4. The summed E-state index contributed by atoms with van der Waals surface area (Å²) in [5.74, 6) is -0.234. The number of hydrogen-bond donors (Lipinski definition) is 0. The quantitative estimate of drug-likeness (QED) is 0.261. The van der Waals surface area contributed by atoms with E-state index in [9.17, 15) is 4.79 Å². The summed E-state index contributed by atoms with van der Waals surface area (Å²) in [4.78, 5) is 11.2. The van der Waals surface area contributed by atoms with Gasteiger partial charge >= 0.3 is 5.97 Å². The van der Waals surface area contributed by atoms with E-state index in [2.05, 4.69) is 0 Å². The van der Waals surface area contributed by atoms with Gasteiger partial charge in [-0.2, -0.15) is 0 Å². The highest BCUT2D eigenvalue weighted by atomic mass is 16.6. The Morgan fingerprint density at radius 2 is 1.89 bits per heavy atom. The molecule has 1 aliphatic rings. The molecule has 0 N–H and O–H groups in total. The largest absolute Gasteiger partial charge is 0.463 e. The molecule has 4 nitrogen and oxygen atoms in total. The predicted molar refractivity (Wildman–Crippen MR) is 69.4 cm³/mol. The fourth-order valence-electron chi connectivity index (χ4n) is 1.49. The fraction of sp³-hybridized carbons (Fsp3) is 0.786. The molecule has 1 aliphatic heterocycles. The highest BCUT2D eigenvalue weighted by Gasteiger charge is 2.21. The highest BCUT2D eigenvalue weighted by Crippen LogP contribution is 2.09. The van der Waals surface area contributed by atoms with Crippen molar-refractivity contribution < 1.29 is 19.0 Å². The average Bonchev–Trinajstić information content (AvgIpc) is 3.09. The summed E-state index contributed by atoms with van der Waals surface area (Å²) in [5.41, 5.74) is 0.969. The lowest BCUT2D eigenvalue weighted by Gasteiger charge is -2.03. The Morgan fingerprint density at radius 3 is 2.50 bits per heavy atom. The second-order valence-electron chi connectivity index (χ2n) is 4.83. The minimum absolute atomic E-state index is 0.234. The SMILES string of the molecule is CC(C)=CC(=O)OCCCCCCOCC1CO1. The van der Waals surface area contributed by atoms with Crippen LogP contribution in [0.2, 0.25) is 0 Å². The molecule has 0 spiro atoms. The van der Waals surface area contributed by atoms with Gasteiger partial charge in [0, 0.05) is 12.7 Å². The van der Waals surface area contributed by atoms with Crippen LogP contribution in [0.5, 0.6) is 0 Å². The van der Waals surface area contributed by atoms with Crippen LogP contribution in [0.4, 0.5) is 0 Å². The second-order valence-corrected chi connectivity index (χ2v) is 4.83. The van der Waals surface area contributed by atoms with Crippen LogP contribution in [0, 0.1) is 0 Å². The smallest absolute Gasteiger partial charge is 0.330 e. The molecule has 1 fully saturated rings. The van der Waals surface area contributed by atoms with Crippen molar-refractivity contribution in [1.82, 2.24) is 0 Å². The number of esters is 1. The van der Waals surface area contributed by atoms with Gasteiger partial charge in [-0.15, -0.1) is 0 Å². The molecule has 1 saturated heterocycles. The molecule has 1 heterocycles. The summed E-state index contributed by atoms with van der Waals surface area (Å²) < 4.78 is 15.5. The maximum Gasteiger partial charge on any atom is 0.330 e. The van der Waals surface area contributed by atoms with Crippen molar-refractivity contribution in [2.24, 2.45) is 0 Å². The van der Waals surface area contributed by atoms with Gasteiger partial charge in [-0.25, -0.2) is 4.79 Å². The number of ether oxygens (including phenoxy) is 3. The molecule has 0 aromatic carbocycles. The van der Waals surface area contributed by atoms with Gasteiger partial charge in [-0.3, -0.25) is 0 Å². The topological polar surface area (TPSA) is 48.1 Å². The number of epoxide rings is 1. The molecule has 0 aromatic rings. The highest BCUT2D eigenvalue weighted by molar-refractivity contribution is 5.82. The van der Waals surface area contributed by atoms with Gasteiger partial charge in [0.05, 0.1) is 19.8 Å². The minimum atomic E-state index is -0.234. The number of hydrogen-bond acceptors (Lipinski definition) is 4. The molecule has 0 amide bonds. The summed E-state index contributed by atoms with van der Waals surface area (Å²) in [5, 5.41) is 0. The van der Waals surface area contributed by atoms with Crippen LogP contribution in [0.1, 0.15) is 39.5 Å². The van der Waals surface area contributed by atoms with Crippen molar-refractivity contribution in [2.45, 2.75) is 45.6 Å². The lowest BCUT2D eigenvalue weighted by Crippen LogP contribution is -2.04. The Hall–Kier alpha value is -0.870. The first-order chi connectivity index (χ1) is 8.68. The van der Waals surface area contributed by atoms with Gasteiger partial charge in [0.2, 0.25) is 0 Å². The molecule has 104 valence electrons. The molecule has 0 aromatic heterocycles. The average molecular weight is 256 g/mol. The summed E-state index contributed by atoms with van der Waals surface area (Å²) >= 11 is 0. The van der Waals surface area contributed by atoms with Gasteiger partial charge in [0.1, 0.15) is 6.10 Å². The number of carbonyl (C=O) groups is 1. The maximum atomic E-state index is 11.2. The van der Waals surface area contributed by atoms with Crippen LogP contribution in [-0.2, 0) is 19.0 Å². The molecule has 18 heavy (non-hydrogen) atoms. The Bertz CT molecular complexity index is 265. The van der Waals surface area contributed by atoms with Crippen molar-refractivity contribution in [3.05, 3.63) is 11.6 Å². The molecule has 0 aliphatic carbocycles. The van der Waals surface area contributed by atoms with Crippen LogP contribution in [0.3, 0.4) is 0 Å². The first-order valence-electron chi connectivity index (χ1n) is 6.69. The molecule has 1 atom stereocenters. The number of rotatable bonds is 10. The molecule has 1 rings (SSSR count). The molecule has 0 radical (unpaired) electrons. The minimum Gasteiger partial charge on any atom is -0.463 e. The van der Waals surface area contributed by atoms with E-state index in [4.69, 9.17) is 14.2 Å². The summed E-state index contributed by atoms with van der Waals surface area (Å²) in [6, 6.07) is 0. The molecule has 1 unspecified atom stereocenters. The van der Waals surface area contributed by atoms with E-state index < -0.39 is 0 Å². The molecule has 4 heteroatoms. The Kier molecular flexibility index (Phi) is 7.69. The van der Waals surface area contributed by atoms with Crippen LogP contribution in [0.25, 0.3) is 0 Å². The number of allylic oxidation sites excluding steroid dienone is 1. The van der Waals surface area contributed by atoms with E-state index in [1.165, 1.54) is 6.08 Å². The van der Waals surface area contributed by atoms with Crippen molar-refractivity contribution in [1.29, 1.82) is 0 Å². The Morgan fingerprint density at radius 1 is 1.22 bits per heavy atom. The third-order valence-corrected chi connectivity index (χ3v) is 2.54. The maximum absolute atomic E-state index is 11.2. The van der Waals surface area contributed by atoms with E-state index in [0.717, 1.165) is 51.1 Å². The van der Waals surface area contributed by atoms with Gasteiger partial charge in [-0.1, -0.05) is 12.0 Å². The monoisotopic (exact) mass is 256 g/mol. The van der Waals surface area contributed by atoms with Gasteiger partial charge in [-0.05, 0) is 33.1 Å². The van der Waals surface area contributed by atoms with Crippen molar-refractivity contribution in [3.8, 4) is 0 Å². The summed E-state index contributed by atoms with van der Waals surface area (Å²) in [6.45, 7) is 6.68. The van der Waals surface area contributed by atoms with Gasteiger partial charge < -0.3 is 14.2 Å². The van der Waals surface area contributed by atoms with E-state index in [-0.39, 0.29) is 5.97 Å². The van der Waals surface area contributed by atoms with E-state index >= 15 is 0 Å². The van der Waals surface area contributed by atoms with Crippen LogP contribution in [-0.4, -0.2) is 38.5 Å². The third kappa shape index (κ3) is 9.19. The van der Waals surface area contributed by atoms with E-state index in [0.29, 0.717) is 12.7 Å². The molecular formula is C14H24O4. The first-order valence-corrected chi connectivity index (χ1v) is 6.69. The Labute approximate surface area is 109 Å². The summed E-state index contributed by atoms with van der Waals surface area (Å²) in [6.07, 6.45) is 6.06. The van der Waals surface area contributed by atoms with Crippen LogP contribution >= 0.6 is 0 Å². The lowest BCUT2D eigenvalue weighted by molar-refractivity contribution is -0.137. The summed E-state index contributed by atoms with van der Waals surface area (Å²) in [7, 11) is 0. The molecule has 0 saturated carbocycles. The van der Waals surface area contributed by atoms with E-state index in [1.54, 1.807) is 0 Å². The zero-order chi connectivity index (χ0) is 13.2. The van der Waals surface area contributed by atoms with Crippen molar-refractivity contribution >= 4 is 5.97 Å². The van der Waals surface area contributed by atoms with E-state index in [1.807, 2.05) is 13.8 Å². The van der Waals surface area contributed by atoms with Gasteiger partial charge in [0.15, 0.2) is 0 Å². The standard InChI is InChI=1S/C14H24O4/c1-12(2)9-14(15)17-8-6-4-3-5-7-16-10-13-11-18-13/h9,13H,3-8,10-11H2,1-2H3. The number of carbonyl (C=O) groups excluding carboxylic acids is 1. The van der Waals surface area contributed by atoms with Crippen molar-refractivity contribution in [2.75, 3.05) is 26.4 Å². The Balaban J connectivity index is 1.77. The molecular weight excluding hydrogens is 232 g/mol. The van der Waals surface area contributed by atoms with Crippen LogP contribution in [0.15, 0.2) is 11.6 Å².